The summed E-state index contributed by atoms with van der Waals surface area (Å²) in [5, 5.41) is 0.600. The van der Waals surface area contributed by atoms with Crippen LogP contribution in [0.25, 0.3) is 0 Å². The van der Waals surface area contributed by atoms with Crippen LogP contribution in [0.4, 0.5) is 13.6 Å². The molecule has 2 aromatic carbocycles. The largest absolute Gasteiger partial charge is 0.449 e. The van der Waals surface area contributed by atoms with Gasteiger partial charge in [-0.15, -0.1) is 0 Å². The van der Waals surface area contributed by atoms with Crippen LogP contribution in [0.1, 0.15) is 41.6 Å². The molecule has 1 aromatic heterocycles. The van der Waals surface area contributed by atoms with Gasteiger partial charge in [-0.3, -0.25) is 4.79 Å². The molecule has 0 saturated heterocycles. The van der Waals surface area contributed by atoms with Crippen molar-refractivity contribution in [2.24, 2.45) is 5.73 Å². The Morgan fingerprint density at radius 1 is 1.12 bits per heavy atom. The SMILES string of the molecule is CC(C)c1nc(CCOC(N)=O)n(CC(=O)c2ccccc2)c1Sc1cc(F)cc(F)c1. The third kappa shape index (κ3) is 5.94. The second-order valence-electron chi connectivity index (χ2n) is 7.37. The number of nitrogens with two attached hydrogens (primary N) is 1. The summed E-state index contributed by atoms with van der Waals surface area (Å²) < 4.78 is 34.1. The number of Topliss-reactive ketones (excluding diaryl/α,β-unsaturated/α-hetero) is 1. The molecular formula is C23H23F2N3O3S. The van der Waals surface area contributed by atoms with E-state index in [2.05, 4.69) is 4.98 Å². The van der Waals surface area contributed by atoms with E-state index in [1.165, 1.54) is 12.1 Å². The number of rotatable bonds is 9. The molecule has 9 heteroatoms. The maximum atomic E-state index is 13.8. The van der Waals surface area contributed by atoms with Gasteiger partial charge < -0.3 is 15.0 Å². The fourth-order valence-electron chi connectivity index (χ4n) is 3.14. The molecule has 0 aliphatic heterocycles. The summed E-state index contributed by atoms with van der Waals surface area (Å²) in [4.78, 5) is 28.9. The van der Waals surface area contributed by atoms with Crippen molar-refractivity contribution in [1.82, 2.24) is 9.55 Å². The van der Waals surface area contributed by atoms with Gasteiger partial charge in [0.15, 0.2) is 5.78 Å². The number of aromatic nitrogens is 2. The average molecular weight is 460 g/mol. The summed E-state index contributed by atoms with van der Waals surface area (Å²) in [6.45, 7) is 3.83. The summed E-state index contributed by atoms with van der Waals surface area (Å²) >= 11 is 1.13. The van der Waals surface area contributed by atoms with Crippen molar-refractivity contribution < 1.29 is 23.1 Å². The second-order valence-corrected chi connectivity index (χ2v) is 8.44. The summed E-state index contributed by atoms with van der Waals surface area (Å²) in [5.41, 5.74) is 6.25. The first kappa shape index (κ1) is 23.5. The van der Waals surface area contributed by atoms with E-state index in [0.29, 0.717) is 27.0 Å². The summed E-state index contributed by atoms with van der Waals surface area (Å²) in [7, 11) is 0. The van der Waals surface area contributed by atoms with Gasteiger partial charge in [0.05, 0.1) is 12.2 Å². The minimum atomic E-state index is -0.905. The quantitative estimate of drug-likeness (QED) is 0.457. The number of benzene rings is 2. The molecule has 32 heavy (non-hydrogen) atoms. The smallest absolute Gasteiger partial charge is 0.404 e. The maximum absolute atomic E-state index is 13.8. The van der Waals surface area contributed by atoms with Crippen LogP contribution in [0, 0.1) is 11.6 Å². The number of carbonyl (C=O) groups excluding carboxylic acids is 2. The summed E-state index contributed by atoms with van der Waals surface area (Å²) in [5.74, 6) is -1.05. The average Bonchev–Trinajstić information content (AvgIpc) is 3.05. The van der Waals surface area contributed by atoms with Gasteiger partial charge in [0, 0.05) is 22.9 Å². The highest BCUT2D eigenvalue weighted by Crippen LogP contribution is 2.36. The number of imidazole rings is 1. The highest BCUT2D eigenvalue weighted by Gasteiger charge is 2.23. The standard InChI is InChI=1S/C23H23F2N3O3S/c1-14(2)21-22(32-18-11-16(24)10-17(25)12-18)28(20(27-21)8-9-31-23(26)30)13-19(29)15-6-4-3-5-7-15/h3-7,10-12,14H,8-9,13H2,1-2H3,(H2,26,30). The van der Waals surface area contributed by atoms with Gasteiger partial charge >= 0.3 is 6.09 Å². The predicted molar refractivity (Wildman–Crippen MR) is 117 cm³/mol. The molecule has 0 aliphatic rings. The molecule has 0 saturated carbocycles. The van der Waals surface area contributed by atoms with Crippen LogP contribution < -0.4 is 5.73 Å². The lowest BCUT2D eigenvalue weighted by Gasteiger charge is -2.13. The van der Waals surface area contributed by atoms with Crippen LogP contribution in [-0.2, 0) is 17.7 Å². The molecule has 0 atom stereocenters. The number of amides is 1. The molecule has 0 spiro atoms. The molecule has 0 bridgehead atoms. The van der Waals surface area contributed by atoms with Crippen LogP contribution in [0.5, 0.6) is 0 Å². The van der Waals surface area contributed by atoms with E-state index >= 15 is 0 Å². The molecule has 6 nitrogen and oxygen atoms in total. The summed E-state index contributed by atoms with van der Waals surface area (Å²) in [6, 6.07) is 12.0. The first-order valence-electron chi connectivity index (χ1n) is 9.98. The van der Waals surface area contributed by atoms with Crippen molar-refractivity contribution in [3.8, 4) is 0 Å². The van der Waals surface area contributed by atoms with Crippen molar-refractivity contribution in [2.75, 3.05) is 6.61 Å². The fourth-order valence-corrected chi connectivity index (χ4v) is 4.37. The number of nitrogens with zero attached hydrogens (tertiary/aromatic N) is 2. The Hall–Kier alpha value is -3.20. The number of ether oxygens (including phenoxy) is 1. The number of halogens is 2. The van der Waals surface area contributed by atoms with E-state index in [1.807, 2.05) is 19.9 Å². The zero-order chi connectivity index (χ0) is 23.3. The predicted octanol–water partition coefficient (Wildman–Crippen LogP) is 4.96. The molecule has 3 rings (SSSR count). The molecule has 1 amide bonds. The maximum Gasteiger partial charge on any atom is 0.404 e. The van der Waals surface area contributed by atoms with Gasteiger partial charge in [-0.2, -0.15) is 0 Å². The molecule has 3 aromatic rings. The molecule has 0 fully saturated rings. The number of hydrogen-bond acceptors (Lipinski definition) is 5. The first-order valence-corrected chi connectivity index (χ1v) is 10.8. The van der Waals surface area contributed by atoms with Crippen LogP contribution in [-0.4, -0.2) is 28.0 Å². The third-order valence-electron chi connectivity index (χ3n) is 4.59. The van der Waals surface area contributed by atoms with Gasteiger partial charge in [0.2, 0.25) is 0 Å². The van der Waals surface area contributed by atoms with Crippen molar-refractivity contribution >= 4 is 23.6 Å². The molecule has 0 unspecified atom stereocenters. The monoisotopic (exact) mass is 459 g/mol. The van der Waals surface area contributed by atoms with Gasteiger partial charge in [-0.05, 0) is 18.1 Å². The lowest BCUT2D eigenvalue weighted by Crippen LogP contribution is -2.18. The molecule has 0 aliphatic carbocycles. The van der Waals surface area contributed by atoms with E-state index in [0.717, 1.165) is 17.8 Å². The number of ketones is 1. The lowest BCUT2D eigenvalue weighted by molar-refractivity contribution is 0.0966. The zero-order valence-corrected chi connectivity index (χ0v) is 18.5. The van der Waals surface area contributed by atoms with Crippen LogP contribution in [0.3, 0.4) is 0 Å². The fraction of sp³-hybridized carbons (Fsp3) is 0.261. The van der Waals surface area contributed by atoms with E-state index in [1.54, 1.807) is 28.8 Å². The number of hydrogen-bond donors (Lipinski definition) is 1. The van der Waals surface area contributed by atoms with E-state index in [9.17, 15) is 18.4 Å². The molecule has 2 N–H and O–H groups in total. The minimum absolute atomic E-state index is 0.0118. The van der Waals surface area contributed by atoms with Crippen molar-refractivity contribution in [3.05, 3.63) is 77.2 Å². The Morgan fingerprint density at radius 2 is 1.78 bits per heavy atom. The Labute approximate surface area is 188 Å². The second kappa shape index (κ2) is 10.4. The van der Waals surface area contributed by atoms with Crippen LogP contribution in [0.2, 0.25) is 0 Å². The first-order chi connectivity index (χ1) is 15.2. The van der Waals surface area contributed by atoms with Crippen molar-refractivity contribution in [1.29, 1.82) is 0 Å². The zero-order valence-electron chi connectivity index (χ0n) is 17.7. The van der Waals surface area contributed by atoms with Crippen molar-refractivity contribution in [2.45, 2.75) is 42.7 Å². The normalized spacial score (nSPS) is 11.0. The number of carbonyl (C=O) groups is 2. The van der Waals surface area contributed by atoms with Crippen LogP contribution in [0.15, 0.2) is 58.5 Å². The van der Waals surface area contributed by atoms with Gasteiger partial charge in [0.25, 0.3) is 0 Å². The Bertz CT molecular complexity index is 1100. The third-order valence-corrected chi connectivity index (χ3v) is 5.68. The topological polar surface area (TPSA) is 87.2 Å². The molecule has 1 heterocycles. The Balaban J connectivity index is 2.03. The van der Waals surface area contributed by atoms with E-state index < -0.39 is 17.7 Å². The molecular weight excluding hydrogens is 436 g/mol. The molecule has 0 radical (unpaired) electrons. The van der Waals surface area contributed by atoms with Gasteiger partial charge in [-0.1, -0.05) is 55.9 Å². The minimum Gasteiger partial charge on any atom is -0.449 e. The Morgan fingerprint density at radius 3 is 2.38 bits per heavy atom. The Kier molecular flexibility index (Phi) is 7.63. The molecule has 168 valence electrons. The van der Waals surface area contributed by atoms with Gasteiger partial charge in [-0.25, -0.2) is 18.6 Å². The van der Waals surface area contributed by atoms with E-state index in [-0.39, 0.29) is 31.3 Å². The highest BCUT2D eigenvalue weighted by atomic mass is 32.2. The van der Waals surface area contributed by atoms with Crippen molar-refractivity contribution in [3.63, 3.8) is 0 Å². The van der Waals surface area contributed by atoms with E-state index in [4.69, 9.17) is 10.5 Å². The number of primary amides is 1. The highest BCUT2D eigenvalue weighted by molar-refractivity contribution is 7.99. The summed E-state index contributed by atoms with van der Waals surface area (Å²) in [6.07, 6.45) is -0.680. The van der Waals surface area contributed by atoms with Gasteiger partial charge in [0.1, 0.15) is 29.1 Å². The lowest BCUT2D eigenvalue weighted by atomic mass is 10.1. The van der Waals surface area contributed by atoms with Crippen LogP contribution >= 0.6 is 11.8 Å².